The molecule has 2 nitrogen and oxygen atoms in total. The zero-order valence-electron chi connectivity index (χ0n) is 11.0. The standard InChI is InChI=1S/C12H28N2/c1-8-14(10(2)3)9-11(4,5)12(6,7)13/h10H,8-9,13H2,1-7H3. The average Bonchev–Trinajstić information content (AvgIpc) is 1.97. The highest BCUT2D eigenvalue weighted by Crippen LogP contribution is 2.29. The van der Waals surface area contributed by atoms with E-state index in [2.05, 4.69) is 53.4 Å². The Hall–Kier alpha value is -0.0800. The van der Waals surface area contributed by atoms with Gasteiger partial charge in [-0.2, -0.15) is 0 Å². The quantitative estimate of drug-likeness (QED) is 0.739. The summed E-state index contributed by atoms with van der Waals surface area (Å²) in [6.45, 7) is 17.6. The molecule has 14 heavy (non-hydrogen) atoms. The van der Waals surface area contributed by atoms with Crippen LogP contribution in [0.25, 0.3) is 0 Å². The van der Waals surface area contributed by atoms with Gasteiger partial charge in [0.25, 0.3) is 0 Å². The van der Waals surface area contributed by atoms with E-state index in [4.69, 9.17) is 5.73 Å². The molecular weight excluding hydrogens is 172 g/mol. The maximum atomic E-state index is 6.19. The lowest BCUT2D eigenvalue weighted by Gasteiger charge is -2.43. The summed E-state index contributed by atoms with van der Waals surface area (Å²) in [7, 11) is 0. The highest BCUT2D eigenvalue weighted by Gasteiger charge is 2.35. The first-order valence-corrected chi connectivity index (χ1v) is 5.64. The molecule has 2 heteroatoms. The third-order valence-corrected chi connectivity index (χ3v) is 3.48. The molecule has 0 aromatic heterocycles. The van der Waals surface area contributed by atoms with Gasteiger partial charge in [-0.1, -0.05) is 20.8 Å². The Morgan fingerprint density at radius 1 is 1.14 bits per heavy atom. The van der Waals surface area contributed by atoms with Gasteiger partial charge in [-0.3, -0.25) is 0 Å². The molecule has 0 amide bonds. The van der Waals surface area contributed by atoms with Crippen molar-refractivity contribution in [2.45, 2.75) is 60.0 Å². The molecule has 0 aliphatic carbocycles. The minimum absolute atomic E-state index is 0.130. The highest BCUT2D eigenvalue weighted by atomic mass is 15.2. The van der Waals surface area contributed by atoms with Crippen LogP contribution in [0.15, 0.2) is 0 Å². The molecule has 0 aromatic rings. The minimum atomic E-state index is -0.130. The van der Waals surface area contributed by atoms with Crippen molar-refractivity contribution in [2.75, 3.05) is 13.1 Å². The fourth-order valence-corrected chi connectivity index (χ4v) is 1.37. The lowest BCUT2D eigenvalue weighted by atomic mass is 9.74. The molecule has 0 bridgehead atoms. The lowest BCUT2D eigenvalue weighted by molar-refractivity contribution is 0.0969. The Balaban J connectivity index is 4.48. The predicted molar refractivity (Wildman–Crippen MR) is 64.4 cm³/mol. The van der Waals surface area contributed by atoms with E-state index in [0.29, 0.717) is 6.04 Å². The van der Waals surface area contributed by atoms with Gasteiger partial charge in [-0.25, -0.2) is 0 Å². The molecule has 0 unspecified atom stereocenters. The first kappa shape index (κ1) is 13.9. The van der Waals surface area contributed by atoms with Crippen molar-refractivity contribution < 1.29 is 0 Å². The number of nitrogens with two attached hydrogens (primary N) is 1. The summed E-state index contributed by atoms with van der Waals surface area (Å²) >= 11 is 0. The highest BCUT2D eigenvalue weighted by molar-refractivity contribution is 4.92. The predicted octanol–water partition coefficient (Wildman–Crippen LogP) is 2.48. The van der Waals surface area contributed by atoms with Crippen molar-refractivity contribution in [2.24, 2.45) is 11.1 Å². The van der Waals surface area contributed by atoms with Crippen LogP contribution in [0.1, 0.15) is 48.5 Å². The molecular formula is C12H28N2. The molecule has 86 valence electrons. The number of nitrogens with zero attached hydrogens (tertiary/aromatic N) is 1. The third kappa shape index (κ3) is 3.58. The molecule has 2 N–H and O–H groups in total. The van der Waals surface area contributed by atoms with Crippen molar-refractivity contribution in [3.63, 3.8) is 0 Å². The molecule has 0 aliphatic heterocycles. The Morgan fingerprint density at radius 2 is 1.57 bits per heavy atom. The van der Waals surface area contributed by atoms with Gasteiger partial charge in [0.15, 0.2) is 0 Å². The summed E-state index contributed by atoms with van der Waals surface area (Å²) in [5, 5.41) is 0. The lowest BCUT2D eigenvalue weighted by Crippen LogP contribution is -2.54. The summed E-state index contributed by atoms with van der Waals surface area (Å²) in [5.74, 6) is 0. The van der Waals surface area contributed by atoms with Crippen LogP contribution in [-0.2, 0) is 0 Å². The molecule has 0 aromatic carbocycles. The van der Waals surface area contributed by atoms with Crippen LogP contribution in [-0.4, -0.2) is 29.6 Å². The molecule has 0 saturated carbocycles. The van der Waals surface area contributed by atoms with Gasteiger partial charge in [-0.15, -0.1) is 0 Å². The molecule has 0 heterocycles. The first-order valence-electron chi connectivity index (χ1n) is 5.64. The molecule has 0 aliphatic rings. The van der Waals surface area contributed by atoms with E-state index in [-0.39, 0.29) is 11.0 Å². The first-order chi connectivity index (χ1) is 6.12. The van der Waals surface area contributed by atoms with Crippen molar-refractivity contribution in [3.8, 4) is 0 Å². The monoisotopic (exact) mass is 200 g/mol. The smallest absolute Gasteiger partial charge is 0.0161 e. The summed E-state index contributed by atoms with van der Waals surface area (Å²) in [5.41, 5.74) is 6.21. The number of hydrogen-bond donors (Lipinski definition) is 1. The van der Waals surface area contributed by atoms with Crippen LogP contribution in [0.3, 0.4) is 0 Å². The second-order valence-corrected chi connectivity index (χ2v) is 5.76. The van der Waals surface area contributed by atoms with Gasteiger partial charge in [0.05, 0.1) is 0 Å². The van der Waals surface area contributed by atoms with Crippen molar-refractivity contribution in [1.82, 2.24) is 4.90 Å². The normalized spacial score (nSPS) is 14.1. The fraction of sp³-hybridized carbons (Fsp3) is 1.00. The maximum Gasteiger partial charge on any atom is 0.0161 e. The van der Waals surface area contributed by atoms with E-state index in [1.165, 1.54) is 0 Å². The SMILES string of the molecule is CCN(CC(C)(C)C(C)(C)N)C(C)C. The molecule has 0 fully saturated rings. The van der Waals surface area contributed by atoms with E-state index in [9.17, 15) is 0 Å². The number of hydrogen-bond acceptors (Lipinski definition) is 2. The van der Waals surface area contributed by atoms with Crippen LogP contribution in [0, 0.1) is 5.41 Å². The minimum Gasteiger partial charge on any atom is -0.325 e. The van der Waals surface area contributed by atoms with E-state index >= 15 is 0 Å². The van der Waals surface area contributed by atoms with Crippen LogP contribution in [0.2, 0.25) is 0 Å². The van der Waals surface area contributed by atoms with Crippen molar-refractivity contribution in [3.05, 3.63) is 0 Å². The van der Waals surface area contributed by atoms with E-state index in [1.54, 1.807) is 0 Å². The zero-order chi connectivity index (χ0) is 11.6. The molecule has 0 spiro atoms. The molecule has 0 saturated heterocycles. The fourth-order valence-electron chi connectivity index (χ4n) is 1.37. The van der Waals surface area contributed by atoms with Gasteiger partial charge in [-0.05, 0) is 39.7 Å². The summed E-state index contributed by atoms with van der Waals surface area (Å²) in [4.78, 5) is 2.47. The Bertz CT molecular complexity index is 166. The third-order valence-electron chi connectivity index (χ3n) is 3.48. The van der Waals surface area contributed by atoms with E-state index in [1.807, 2.05) is 0 Å². The number of rotatable bonds is 5. The van der Waals surface area contributed by atoms with E-state index in [0.717, 1.165) is 13.1 Å². The maximum absolute atomic E-state index is 6.19. The summed E-state index contributed by atoms with van der Waals surface area (Å²) in [6.07, 6.45) is 0. The Kier molecular flexibility index (Phi) is 4.60. The van der Waals surface area contributed by atoms with Crippen molar-refractivity contribution >= 4 is 0 Å². The molecule has 0 atom stereocenters. The van der Waals surface area contributed by atoms with Gasteiger partial charge in [0.2, 0.25) is 0 Å². The zero-order valence-corrected chi connectivity index (χ0v) is 11.0. The van der Waals surface area contributed by atoms with Crippen LogP contribution in [0.5, 0.6) is 0 Å². The Labute approximate surface area is 89.9 Å². The van der Waals surface area contributed by atoms with Gasteiger partial charge >= 0.3 is 0 Å². The van der Waals surface area contributed by atoms with Gasteiger partial charge in [0, 0.05) is 18.1 Å². The van der Waals surface area contributed by atoms with E-state index < -0.39 is 0 Å². The Morgan fingerprint density at radius 3 is 1.79 bits per heavy atom. The van der Waals surface area contributed by atoms with Crippen LogP contribution >= 0.6 is 0 Å². The second kappa shape index (κ2) is 4.63. The van der Waals surface area contributed by atoms with Crippen LogP contribution in [0.4, 0.5) is 0 Å². The molecule has 0 radical (unpaired) electrons. The topological polar surface area (TPSA) is 29.3 Å². The largest absolute Gasteiger partial charge is 0.325 e. The summed E-state index contributed by atoms with van der Waals surface area (Å²) < 4.78 is 0. The summed E-state index contributed by atoms with van der Waals surface area (Å²) in [6, 6.07) is 0.599. The van der Waals surface area contributed by atoms with Gasteiger partial charge in [0.1, 0.15) is 0 Å². The second-order valence-electron chi connectivity index (χ2n) is 5.76. The van der Waals surface area contributed by atoms with Crippen LogP contribution < -0.4 is 5.73 Å². The van der Waals surface area contributed by atoms with Crippen molar-refractivity contribution in [1.29, 1.82) is 0 Å². The van der Waals surface area contributed by atoms with Gasteiger partial charge < -0.3 is 10.6 Å². The molecule has 0 rings (SSSR count). The average molecular weight is 200 g/mol.